The van der Waals surface area contributed by atoms with E-state index in [2.05, 4.69) is 10.3 Å². The molecule has 0 aromatic heterocycles. The second kappa shape index (κ2) is 4.67. The number of piperidine rings is 1. The number of carbonyl (C=O) groups is 1. The van der Waals surface area contributed by atoms with Crippen molar-refractivity contribution in [2.45, 2.75) is 36.0 Å². The number of benzene rings is 1. The van der Waals surface area contributed by atoms with Crippen LogP contribution in [0, 0.1) is 0 Å². The third kappa shape index (κ3) is 2.29. The SMILES string of the molecule is COc1cc2c(cc1Cl)N=C1CC(C)(C)NC(=O)C1S2. The highest BCUT2D eigenvalue weighted by Gasteiger charge is 2.40. The molecule has 106 valence electrons. The highest BCUT2D eigenvalue weighted by Crippen LogP contribution is 2.45. The molecule has 2 heterocycles. The van der Waals surface area contributed by atoms with E-state index < -0.39 is 0 Å². The molecule has 1 unspecified atom stereocenters. The summed E-state index contributed by atoms with van der Waals surface area (Å²) in [5.41, 5.74) is 1.48. The average molecular weight is 311 g/mol. The van der Waals surface area contributed by atoms with Crippen molar-refractivity contribution >= 4 is 40.7 Å². The normalized spacial score (nSPS) is 23.3. The number of hydrogen-bond donors (Lipinski definition) is 1. The number of fused-ring (bicyclic) bond motifs is 2. The van der Waals surface area contributed by atoms with Crippen molar-refractivity contribution in [3.8, 4) is 5.75 Å². The number of nitrogens with zero attached hydrogens (tertiary/aromatic N) is 1. The highest BCUT2D eigenvalue weighted by atomic mass is 35.5. The minimum absolute atomic E-state index is 0.0181. The molecule has 1 N–H and O–H groups in total. The zero-order valence-electron chi connectivity index (χ0n) is 11.5. The van der Waals surface area contributed by atoms with Crippen molar-refractivity contribution in [3.63, 3.8) is 0 Å². The molecule has 6 heteroatoms. The molecular weight excluding hydrogens is 296 g/mol. The molecule has 1 saturated heterocycles. The number of nitrogens with one attached hydrogen (secondary N) is 1. The van der Waals surface area contributed by atoms with Gasteiger partial charge in [0.1, 0.15) is 11.0 Å². The largest absolute Gasteiger partial charge is 0.495 e. The molecule has 0 spiro atoms. The molecule has 1 fully saturated rings. The second-order valence-electron chi connectivity index (χ2n) is 5.61. The molecule has 0 aliphatic carbocycles. The van der Waals surface area contributed by atoms with Crippen molar-refractivity contribution in [3.05, 3.63) is 17.2 Å². The summed E-state index contributed by atoms with van der Waals surface area (Å²) >= 11 is 7.64. The first-order valence-electron chi connectivity index (χ1n) is 6.33. The van der Waals surface area contributed by atoms with E-state index in [1.54, 1.807) is 13.2 Å². The lowest BCUT2D eigenvalue weighted by Gasteiger charge is -2.37. The van der Waals surface area contributed by atoms with E-state index in [0.717, 1.165) is 22.7 Å². The average Bonchev–Trinajstić information content (AvgIpc) is 2.35. The Morgan fingerprint density at radius 1 is 1.50 bits per heavy atom. The molecule has 3 rings (SSSR count). The Labute approximate surface area is 126 Å². The van der Waals surface area contributed by atoms with Gasteiger partial charge in [0, 0.05) is 22.6 Å². The minimum atomic E-state index is -0.249. The number of methoxy groups -OCH3 is 1. The van der Waals surface area contributed by atoms with Gasteiger partial charge in [-0.25, -0.2) is 0 Å². The molecule has 0 radical (unpaired) electrons. The van der Waals surface area contributed by atoms with Crippen molar-refractivity contribution in [1.29, 1.82) is 0 Å². The van der Waals surface area contributed by atoms with Gasteiger partial charge in [0.2, 0.25) is 5.91 Å². The Morgan fingerprint density at radius 2 is 2.25 bits per heavy atom. The monoisotopic (exact) mass is 310 g/mol. The van der Waals surface area contributed by atoms with Crippen LogP contribution in [0.4, 0.5) is 5.69 Å². The summed E-state index contributed by atoms with van der Waals surface area (Å²) in [6.07, 6.45) is 0.749. The maximum Gasteiger partial charge on any atom is 0.239 e. The summed E-state index contributed by atoms with van der Waals surface area (Å²) in [5, 5.41) is 3.32. The van der Waals surface area contributed by atoms with Gasteiger partial charge in [-0.1, -0.05) is 11.6 Å². The van der Waals surface area contributed by atoms with Gasteiger partial charge < -0.3 is 10.1 Å². The van der Waals surface area contributed by atoms with Crippen molar-refractivity contribution < 1.29 is 9.53 Å². The number of aliphatic imine (C=N–C) groups is 1. The predicted octanol–water partition coefficient (Wildman–Crippen LogP) is 3.19. The van der Waals surface area contributed by atoms with Gasteiger partial charge in [0.05, 0.1) is 17.8 Å². The second-order valence-corrected chi connectivity index (χ2v) is 7.16. The quantitative estimate of drug-likeness (QED) is 0.866. The maximum atomic E-state index is 12.2. The molecule has 1 aromatic carbocycles. The topological polar surface area (TPSA) is 50.7 Å². The number of hydrogen-bond acceptors (Lipinski definition) is 4. The molecule has 0 saturated carbocycles. The molecule has 1 aromatic rings. The molecule has 2 aliphatic heterocycles. The van der Waals surface area contributed by atoms with Crippen molar-refractivity contribution in [1.82, 2.24) is 5.32 Å². The van der Waals surface area contributed by atoms with Gasteiger partial charge in [-0.15, -0.1) is 11.8 Å². The molecule has 4 nitrogen and oxygen atoms in total. The summed E-state index contributed by atoms with van der Waals surface area (Å²) in [5.74, 6) is 0.623. The van der Waals surface area contributed by atoms with Crippen LogP contribution >= 0.6 is 23.4 Å². The summed E-state index contributed by atoms with van der Waals surface area (Å²) in [7, 11) is 1.58. The summed E-state index contributed by atoms with van der Waals surface area (Å²) in [6.45, 7) is 4.01. The van der Waals surface area contributed by atoms with Crippen LogP contribution in [0.15, 0.2) is 22.0 Å². The fraction of sp³-hybridized carbons (Fsp3) is 0.429. The van der Waals surface area contributed by atoms with Crippen LogP contribution in [0.2, 0.25) is 5.02 Å². The fourth-order valence-electron chi connectivity index (χ4n) is 2.50. The van der Waals surface area contributed by atoms with Gasteiger partial charge in [0.25, 0.3) is 0 Å². The first kappa shape index (κ1) is 13.8. The Bertz CT molecular complexity index is 628. The van der Waals surface area contributed by atoms with Crippen LogP contribution in [0.1, 0.15) is 20.3 Å². The smallest absolute Gasteiger partial charge is 0.239 e. The lowest BCUT2D eigenvalue weighted by atomic mass is 9.90. The van der Waals surface area contributed by atoms with Crippen LogP contribution in [0.3, 0.4) is 0 Å². The van der Waals surface area contributed by atoms with Gasteiger partial charge >= 0.3 is 0 Å². The Kier molecular flexibility index (Phi) is 3.21. The number of halogens is 1. The van der Waals surface area contributed by atoms with E-state index in [4.69, 9.17) is 16.3 Å². The minimum Gasteiger partial charge on any atom is -0.495 e. The first-order valence-corrected chi connectivity index (χ1v) is 7.59. The summed E-state index contributed by atoms with van der Waals surface area (Å²) in [4.78, 5) is 17.8. The van der Waals surface area contributed by atoms with Crippen LogP contribution in [0.25, 0.3) is 0 Å². The third-order valence-electron chi connectivity index (χ3n) is 3.37. The summed E-state index contributed by atoms with van der Waals surface area (Å²) < 4.78 is 5.21. The van der Waals surface area contributed by atoms with Gasteiger partial charge in [0.15, 0.2) is 0 Å². The molecule has 0 bridgehead atoms. The maximum absolute atomic E-state index is 12.2. The van der Waals surface area contributed by atoms with E-state index in [9.17, 15) is 4.79 Å². The van der Waals surface area contributed by atoms with Gasteiger partial charge in [-0.2, -0.15) is 0 Å². The van der Waals surface area contributed by atoms with Crippen molar-refractivity contribution in [2.24, 2.45) is 4.99 Å². The van der Waals surface area contributed by atoms with Gasteiger partial charge in [-0.05, 0) is 26.0 Å². The molecule has 1 amide bonds. The van der Waals surface area contributed by atoms with Crippen molar-refractivity contribution in [2.75, 3.05) is 7.11 Å². The molecule has 2 aliphatic rings. The van der Waals surface area contributed by atoms with E-state index in [1.165, 1.54) is 11.8 Å². The van der Waals surface area contributed by atoms with Gasteiger partial charge in [-0.3, -0.25) is 9.79 Å². The number of carbonyl (C=O) groups excluding carboxylic acids is 1. The fourth-order valence-corrected chi connectivity index (χ4v) is 3.83. The Hall–Kier alpha value is -1.20. The number of amides is 1. The van der Waals surface area contributed by atoms with E-state index in [-0.39, 0.29) is 16.7 Å². The van der Waals surface area contributed by atoms with Crippen LogP contribution in [0.5, 0.6) is 5.75 Å². The summed E-state index contributed by atoms with van der Waals surface area (Å²) in [6, 6.07) is 3.64. The Morgan fingerprint density at radius 3 is 2.95 bits per heavy atom. The van der Waals surface area contributed by atoms with Crippen LogP contribution in [-0.2, 0) is 4.79 Å². The van der Waals surface area contributed by atoms with E-state index >= 15 is 0 Å². The number of ether oxygens (including phenoxy) is 1. The first-order chi connectivity index (χ1) is 9.39. The Balaban J connectivity index is 2.06. The number of rotatable bonds is 1. The molecule has 20 heavy (non-hydrogen) atoms. The lowest BCUT2D eigenvalue weighted by molar-refractivity contribution is -0.121. The zero-order chi connectivity index (χ0) is 14.5. The predicted molar refractivity (Wildman–Crippen MR) is 81.6 cm³/mol. The zero-order valence-corrected chi connectivity index (χ0v) is 13.1. The van der Waals surface area contributed by atoms with Crippen LogP contribution in [-0.4, -0.2) is 29.5 Å². The third-order valence-corrected chi connectivity index (χ3v) is 4.97. The lowest BCUT2D eigenvalue weighted by Crippen LogP contribution is -2.56. The highest BCUT2D eigenvalue weighted by molar-refractivity contribution is 8.01. The molecule has 1 atom stereocenters. The molecular formula is C14H15ClN2O2S. The van der Waals surface area contributed by atoms with Crippen LogP contribution < -0.4 is 10.1 Å². The van der Waals surface area contributed by atoms with E-state index in [0.29, 0.717) is 10.8 Å². The standard InChI is InChI=1S/C14H15ClN2O2S/c1-14(2)6-9-12(13(18)17-14)20-11-5-10(19-3)7(15)4-8(11)16-9/h4-5,12H,6H2,1-3H3,(H,17,18). The number of thioether (sulfide) groups is 1. The van der Waals surface area contributed by atoms with E-state index in [1.807, 2.05) is 19.9 Å².